The lowest BCUT2D eigenvalue weighted by atomic mass is 10.2. The molecule has 1 aromatic rings. The number of amides is 1. The molecule has 0 aliphatic carbocycles. The molecule has 0 saturated carbocycles. The predicted molar refractivity (Wildman–Crippen MR) is 115 cm³/mol. The molecule has 0 spiro atoms. The fraction of sp³-hybridized carbons (Fsp3) is 0.550. The molecule has 1 unspecified atom stereocenters. The molecule has 1 amide bonds. The fourth-order valence-electron chi connectivity index (χ4n) is 2.88. The summed E-state index contributed by atoms with van der Waals surface area (Å²) < 4.78 is 42.7. The van der Waals surface area contributed by atoms with Gasteiger partial charge < -0.3 is 19.5 Å². The first-order chi connectivity index (χ1) is 15.2. The highest BCUT2D eigenvalue weighted by molar-refractivity contribution is 7.89. The van der Waals surface area contributed by atoms with E-state index in [0.29, 0.717) is 19.6 Å². The number of carbonyl (C=O) groups excluding carboxylic acids is 3. The largest absolute Gasteiger partial charge is 0.466 e. The van der Waals surface area contributed by atoms with Crippen LogP contribution in [-0.2, 0) is 33.8 Å². The minimum Gasteiger partial charge on any atom is -0.466 e. The molecule has 0 radical (unpaired) electrons. The molecule has 0 bridgehead atoms. The van der Waals surface area contributed by atoms with E-state index in [1.54, 1.807) is 6.92 Å². The number of nitrogens with one attached hydrogen (secondary N) is 2. The summed E-state index contributed by atoms with van der Waals surface area (Å²) in [5.41, 5.74) is -0.0676. The number of hydrogen-bond acceptors (Lipinski definition) is 8. The Morgan fingerprint density at radius 2 is 2.03 bits per heavy atom. The van der Waals surface area contributed by atoms with Gasteiger partial charge in [0, 0.05) is 26.1 Å². The van der Waals surface area contributed by atoms with Crippen molar-refractivity contribution >= 4 is 39.5 Å². The maximum Gasteiger partial charge on any atom is 0.338 e. The summed E-state index contributed by atoms with van der Waals surface area (Å²) in [6.07, 6.45) is 1.97. The standard InChI is InChI=1S/C20H27ClN2O8S/c1-2-29-19(25)6-3-9-22-18(24)13-31-20(26)14-7-8-16(21)17(11-14)32(27,28)23-12-15-5-4-10-30-15/h7-8,11,15,23H,2-6,9-10,12-13H2,1H3,(H,22,24). The van der Waals surface area contributed by atoms with Crippen LogP contribution in [0.5, 0.6) is 0 Å². The lowest BCUT2D eigenvalue weighted by Crippen LogP contribution is -2.32. The predicted octanol–water partition coefficient (Wildman–Crippen LogP) is 1.41. The Kier molecular flexibility index (Phi) is 10.4. The van der Waals surface area contributed by atoms with Crippen molar-refractivity contribution in [2.24, 2.45) is 0 Å². The number of esters is 2. The van der Waals surface area contributed by atoms with Gasteiger partial charge in [-0.25, -0.2) is 17.9 Å². The monoisotopic (exact) mass is 490 g/mol. The maximum absolute atomic E-state index is 12.6. The van der Waals surface area contributed by atoms with Gasteiger partial charge in [0.1, 0.15) is 4.90 Å². The second-order valence-electron chi connectivity index (χ2n) is 6.97. The Morgan fingerprint density at radius 3 is 2.72 bits per heavy atom. The van der Waals surface area contributed by atoms with Crippen LogP contribution in [-0.4, -0.2) is 65.3 Å². The summed E-state index contributed by atoms with van der Waals surface area (Å²) in [5, 5.41) is 2.46. The summed E-state index contributed by atoms with van der Waals surface area (Å²) in [6.45, 7) is 2.35. The molecular formula is C20H27ClN2O8S. The van der Waals surface area contributed by atoms with Crippen LogP contribution < -0.4 is 10.0 Å². The molecular weight excluding hydrogens is 464 g/mol. The van der Waals surface area contributed by atoms with Gasteiger partial charge in [-0.2, -0.15) is 0 Å². The van der Waals surface area contributed by atoms with Crippen LogP contribution in [0.3, 0.4) is 0 Å². The van der Waals surface area contributed by atoms with E-state index < -0.39 is 28.5 Å². The minimum atomic E-state index is -3.98. The van der Waals surface area contributed by atoms with Crippen LogP contribution in [0.1, 0.15) is 43.0 Å². The molecule has 2 N–H and O–H groups in total. The van der Waals surface area contributed by atoms with Gasteiger partial charge in [-0.15, -0.1) is 0 Å². The molecule has 32 heavy (non-hydrogen) atoms. The highest BCUT2D eigenvalue weighted by Crippen LogP contribution is 2.23. The lowest BCUT2D eigenvalue weighted by molar-refractivity contribution is -0.143. The molecule has 1 aliphatic heterocycles. The topological polar surface area (TPSA) is 137 Å². The molecule has 1 aliphatic rings. The second kappa shape index (κ2) is 12.7. The third kappa shape index (κ3) is 8.38. The Bertz CT molecular complexity index is 916. The molecule has 1 saturated heterocycles. The number of hydrogen-bond donors (Lipinski definition) is 2. The zero-order valence-electron chi connectivity index (χ0n) is 17.7. The molecule has 178 valence electrons. The van der Waals surface area contributed by atoms with E-state index in [4.69, 9.17) is 25.8 Å². The average Bonchev–Trinajstić information content (AvgIpc) is 3.28. The van der Waals surface area contributed by atoms with Gasteiger partial charge >= 0.3 is 11.9 Å². The average molecular weight is 491 g/mol. The molecule has 1 fully saturated rings. The van der Waals surface area contributed by atoms with E-state index in [-0.39, 0.29) is 47.1 Å². The number of ether oxygens (including phenoxy) is 3. The van der Waals surface area contributed by atoms with E-state index in [0.717, 1.165) is 18.9 Å². The van der Waals surface area contributed by atoms with Gasteiger partial charge in [0.15, 0.2) is 6.61 Å². The van der Waals surface area contributed by atoms with Crippen molar-refractivity contribution in [1.29, 1.82) is 0 Å². The third-order valence-electron chi connectivity index (χ3n) is 4.50. The van der Waals surface area contributed by atoms with Crippen LogP contribution >= 0.6 is 11.6 Å². The molecule has 12 heteroatoms. The Morgan fingerprint density at radius 1 is 1.25 bits per heavy atom. The van der Waals surface area contributed by atoms with Crippen molar-refractivity contribution in [2.45, 2.75) is 43.6 Å². The van der Waals surface area contributed by atoms with Crippen molar-refractivity contribution in [3.05, 3.63) is 28.8 Å². The summed E-state index contributed by atoms with van der Waals surface area (Å²) in [6, 6.07) is 3.68. The third-order valence-corrected chi connectivity index (χ3v) is 6.41. The summed E-state index contributed by atoms with van der Waals surface area (Å²) in [4.78, 5) is 35.0. The number of rotatable bonds is 12. The van der Waals surface area contributed by atoms with Crippen molar-refractivity contribution < 1.29 is 37.0 Å². The van der Waals surface area contributed by atoms with Gasteiger partial charge in [0.25, 0.3) is 5.91 Å². The van der Waals surface area contributed by atoms with Crippen molar-refractivity contribution in [1.82, 2.24) is 10.0 Å². The van der Waals surface area contributed by atoms with E-state index in [2.05, 4.69) is 10.0 Å². The van der Waals surface area contributed by atoms with E-state index in [1.807, 2.05) is 0 Å². The van der Waals surface area contributed by atoms with Crippen LogP contribution in [0.25, 0.3) is 0 Å². The number of halogens is 1. The Labute approximate surface area is 192 Å². The summed E-state index contributed by atoms with van der Waals surface area (Å²) in [7, 11) is -3.98. The summed E-state index contributed by atoms with van der Waals surface area (Å²) >= 11 is 6.02. The van der Waals surface area contributed by atoms with Crippen LogP contribution in [0.15, 0.2) is 23.1 Å². The number of carbonyl (C=O) groups is 3. The highest BCUT2D eigenvalue weighted by atomic mass is 35.5. The highest BCUT2D eigenvalue weighted by Gasteiger charge is 2.24. The normalized spacial score (nSPS) is 15.9. The van der Waals surface area contributed by atoms with E-state index >= 15 is 0 Å². The van der Waals surface area contributed by atoms with Gasteiger partial charge in [0.05, 0.1) is 23.3 Å². The van der Waals surface area contributed by atoms with Gasteiger partial charge in [-0.1, -0.05) is 11.6 Å². The fourth-order valence-corrected chi connectivity index (χ4v) is 4.47. The summed E-state index contributed by atoms with van der Waals surface area (Å²) in [5.74, 6) is -1.78. The Balaban J connectivity index is 1.85. The van der Waals surface area contributed by atoms with Crippen molar-refractivity contribution in [3.8, 4) is 0 Å². The second-order valence-corrected chi connectivity index (χ2v) is 9.11. The zero-order valence-corrected chi connectivity index (χ0v) is 19.3. The molecule has 1 atom stereocenters. The smallest absolute Gasteiger partial charge is 0.338 e. The van der Waals surface area contributed by atoms with Gasteiger partial charge in [-0.05, 0) is 44.4 Å². The van der Waals surface area contributed by atoms with Crippen molar-refractivity contribution in [3.63, 3.8) is 0 Å². The van der Waals surface area contributed by atoms with Crippen LogP contribution in [0.4, 0.5) is 0 Å². The first-order valence-electron chi connectivity index (χ1n) is 10.2. The Hall–Kier alpha value is -2.21. The van der Waals surface area contributed by atoms with Crippen LogP contribution in [0.2, 0.25) is 5.02 Å². The van der Waals surface area contributed by atoms with Crippen molar-refractivity contribution in [2.75, 3.05) is 32.9 Å². The molecule has 10 nitrogen and oxygen atoms in total. The van der Waals surface area contributed by atoms with E-state index in [9.17, 15) is 22.8 Å². The van der Waals surface area contributed by atoms with Gasteiger partial charge in [0.2, 0.25) is 10.0 Å². The first-order valence-corrected chi connectivity index (χ1v) is 12.1. The zero-order chi connectivity index (χ0) is 23.6. The maximum atomic E-state index is 12.6. The van der Waals surface area contributed by atoms with E-state index in [1.165, 1.54) is 12.1 Å². The molecule has 0 aromatic heterocycles. The number of benzene rings is 1. The molecule has 1 aromatic carbocycles. The molecule has 2 rings (SSSR count). The lowest BCUT2D eigenvalue weighted by Gasteiger charge is -2.13. The quantitative estimate of drug-likeness (QED) is 0.331. The number of sulfonamides is 1. The SMILES string of the molecule is CCOC(=O)CCCNC(=O)COC(=O)c1ccc(Cl)c(S(=O)(=O)NCC2CCCO2)c1. The van der Waals surface area contributed by atoms with Gasteiger partial charge in [-0.3, -0.25) is 9.59 Å². The molecule has 1 heterocycles. The first kappa shape index (κ1) is 26.0. The minimum absolute atomic E-state index is 0.0549. The van der Waals surface area contributed by atoms with Crippen LogP contribution in [0, 0.1) is 0 Å².